The van der Waals surface area contributed by atoms with Crippen molar-refractivity contribution in [2.45, 2.75) is 76.8 Å². The Morgan fingerprint density at radius 1 is 1.11 bits per heavy atom. The van der Waals surface area contributed by atoms with Crippen molar-refractivity contribution >= 4 is 0 Å². The zero-order valence-electron chi connectivity index (χ0n) is 12.3. The summed E-state index contributed by atoms with van der Waals surface area (Å²) in [6.45, 7) is 7.24. The average molecular weight is 253 g/mol. The zero-order chi connectivity index (χ0) is 13.0. The van der Waals surface area contributed by atoms with Crippen molar-refractivity contribution in [3.05, 3.63) is 0 Å². The highest BCUT2D eigenvalue weighted by Gasteiger charge is 2.37. The van der Waals surface area contributed by atoms with Gasteiger partial charge >= 0.3 is 0 Å². The van der Waals surface area contributed by atoms with Crippen LogP contribution in [0.25, 0.3) is 0 Å². The molecule has 18 heavy (non-hydrogen) atoms. The molecule has 1 heterocycles. The molecule has 0 amide bonds. The van der Waals surface area contributed by atoms with Crippen molar-refractivity contribution in [2.24, 2.45) is 11.8 Å². The molecule has 0 aromatic rings. The van der Waals surface area contributed by atoms with Crippen molar-refractivity contribution in [2.75, 3.05) is 13.1 Å². The highest BCUT2D eigenvalue weighted by molar-refractivity contribution is 4.95. The van der Waals surface area contributed by atoms with Gasteiger partial charge in [-0.2, -0.15) is 0 Å². The summed E-state index contributed by atoms with van der Waals surface area (Å²) in [4.78, 5) is 2.67. The highest BCUT2D eigenvalue weighted by Crippen LogP contribution is 2.34. The molecule has 3 nitrogen and oxygen atoms in total. The van der Waals surface area contributed by atoms with Crippen LogP contribution in [-0.2, 0) is 0 Å². The molecule has 0 aromatic heterocycles. The zero-order valence-corrected chi connectivity index (χ0v) is 12.3. The predicted octanol–water partition coefficient (Wildman–Crippen LogP) is 2.66. The smallest absolute Gasteiger partial charge is 0.0392 e. The molecular formula is C15H31N3. The van der Waals surface area contributed by atoms with Crippen LogP contribution in [-0.4, -0.2) is 29.6 Å². The van der Waals surface area contributed by atoms with Gasteiger partial charge in [-0.05, 0) is 52.1 Å². The second-order valence-electron chi connectivity index (χ2n) is 6.81. The first-order valence-corrected chi connectivity index (χ1v) is 7.86. The van der Waals surface area contributed by atoms with E-state index >= 15 is 0 Å². The van der Waals surface area contributed by atoms with Gasteiger partial charge in [-0.3, -0.25) is 16.2 Å². The number of hydrogen-bond acceptors (Lipinski definition) is 3. The SMILES string of the molecule is CC(C)(C(CC1CCC1)NN)N1CCCCCC1. The number of nitrogens with one attached hydrogen (secondary N) is 1. The fourth-order valence-corrected chi connectivity index (χ4v) is 3.49. The molecule has 2 fully saturated rings. The van der Waals surface area contributed by atoms with Gasteiger partial charge in [0.15, 0.2) is 0 Å². The van der Waals surface area contributed by atoms with Gasteiger partial charge in [0.2, 0.25) is 0 Å². The Morgan fingerprint density at radius 3 is 2.17 bits per heavy atom. The Labute approximate surface area is 112 Å². The number of hydrazine groups is 1. The molecule has 2 aliphatic rings. The van der Waals surface area contributed by atoms with Crippen molar-refractivity contribution in [1.82, 2.24) is 10.3 Å². The van der Waals surface area contributed by atoms with Crippen LogP contribution >= 0.6 is 0 Å². The third-order valence-electron chi connectivity index (χ3n) is 5.27. The first-order chi connectivity index (χ1) is 8.64. The molecular weight excluding hydrogens is 222 g/mol. The standard InChI is InChI=1S/C15H31N3/c1-15(2,18-10-5-3-4-6-11-18)14(17-16)12-13-8-7-9-13/h13-14,17H,3-12,16H2,1-2H3. The maximum Gasteiger partial charge on any atom is 0.0392 e. The Bertz CT molecular complexity index is 240. The Morgan fingerprint density at radius 2 is 1.72 bits per heavy atom. The second-order valence-corrected chi connectivity index (χ2v) is 6.81. The largest absolute Gasteiger partial charge is 0.297 e. The van der Waals surface area contributed by atoms with E-state index in [4.69, 9.17) is 5.84 Å². The van der Waals surface area contributed by atoms with Crippen molar-refractivity contribution in [1.29, 1.82) is 0 Å². The molecule has 1 aliphatic carbocycles. The maximum atomic E-state index is 5.86. The molecule has 1 atom stereocenters. The first-order valence-electron chi connectivity index (χ1n) is 7.86. The molecule has 3 N–H and O–H groups in total. The summed E-state index contributed by atoms with van der Waals surface area (Å²) < 4.78 is 0. The van der Waals surface area contributed by atoms with Gasteiger partial charge < -0.3 is 0 Å². The topological polar surface area (TPSA) is 41.3 Å². The average Bonchev–Trinajstić information content (AvgIpc) is 2.56. The van der Waals surface area contributed by atoms with Crippen LogP contribution in [0.15, 0.2) is 0 Å². The van der Waals surface area contributed by atoms with Crippen molar-refractivity contribution < 1.29 is 0 Å². The fourth-order valence-electron chi connectivity index (χ4n) is 3.49. The van der Waals surface area contributed by atoms with E-state index in [0.29, 0.717) is 6.04 Å². The Kier molecular flexibility index (Phi) is 5.05. The minimum atomic E-state index is 0.189. The molecule has 0 radical (unpaired) electrons. The van der Waals surface area contributed by atoms with Crippen molar-refractivity contribution in [3.63, 3.8) is 0 Å². The monoisotopic (exact) mass is 253 g/mol. The molecule has 2 rings (SSSR count). The van der Waals surface area contributed by atoms with E-state index in [1.54, 1.807) is 0 Å². The molecule has 1 aliphatic heterocycles. The number of rotatable bonds is 5. The third-order valence-corrected chi connectivity index (χ3v) is 5.27. The molecule has 0 aromatic carbocycles. The van der Waals surface area contributed by atoms with E-state index in [1.165, 1.54) is 64.5 Å². The molecule has 1 unspecified atom stereocenters. The summed E-state index contributed by atoms with van der Waals surface area (Å²) in [6.07, 6.45) is 11.0. The Hall–Kier alpha value is -0.120. The second kappa shape index (κ2) is 6.36. The van der Waals surface area contributed by atoms with Gasteiger partial charge in [-0.25, -0.2) is 0 Å². The third kappa shape index (κ3) is 3.25. The molecule has 0 spiro atoms. The number of nitrogens with zero attached hydrogens (tertiary/aromatic N) is 1. The van der Waals surface area contributed by atoms with Crippen LogP contribution in [0.2, 0.25) is 0 Å². The summed E-state index contributed by atoms with van der Waals surface area (Å²) in [5, 5.41) is 0. The summed E-state index contributed by atoms with van der Waals surface area (Å²) in [7, 11) is 0. The molecule has 3 heteroatoms. The van der Waals surface area contributed by atoms with Crippen molar-refractivity contribution in [3.8, 4) is 0 Å². The quantitative estimate of drug-likeness (QED) is 0.584. The Balaban J connectivity index is 1.95. The van der Waals surface area contributed by atoms with Crippen LogP contribution in [0.3, 0.4) is 0 Å². The number of nitrogens with two attached hydrogens (primary N) is 1. The van der Waals surface area contributed by atoms with Crippen LogP contribution in [0.5, 0.6) is 0 Å². The van der Waals surface area contributed by atoms with Crippen LogP contribution in [0.1, 0.15) is 65.2 Å². The molecule has 1 saturated heterocycles. The van der Waals surface area contributed by atoms with Gasteiger partial charge in [0, 0.05) is 11.6 Å². The lowest BCUT2D eigenvalue weighted by Gasteiger charge is -2.45. The fraction of sp³-hybridized carbons (Fsp3) is 1.00. The van der Waals surface area contributed by atoms with E-state index < -0.39 is 0 Å². The van der Waals surface area contributed by atoms with Crippen LogP contribution < -0.4 is 11.3 Å². The predicted molar refractivity (Wildman–Crippen MR) is 77.2 cm³/mol. The summed E-state index contributed by atoms with van der Waals surface area (Å²) in [5.41, 5.74) is 3.31. The molecule has 106 valence electrons. The highest BCUT2D eigenvalue weighted by atomic mass is 15.3. The number of likely N-dealkylation sites (tertiary alicyclic amines) is 1. The van der Waals surface area contributed by atoms with E-state index in [1.807, 2.05) is 0 Å². The van der Waals surface area contributed by atoms with E-state index in [2.05, 4.69) is 24.2 Å². The maximum absolute atomic E-state index is 5.86. The van der Waals surface area contributed by atoms with Gasteiger partial charge in [0.05, 0.1) is 0 Å². The minimum Gasteiger partial charge on any atom is -0.297 e. The lowest BCUT2D eigenvalue weighted by atomic mass is 9.76. The number of hydrogen-bond donors (Lipinski definition) is 2. The first kappa shape index (κ1) is 14.3. The van der Waals surface area contributed by atoms with E-state index in [-0.39, 0.29) is 5.54 Å². The van der Waals surface area contributed by atoms with E-state index in [9.17, 15) is 0 Å². The minimum absolute atomic E-state index is 0.189. The van der Waals surface area contributed by atoms with E-state index in [0.717, 1.165) is 5.92 Å². The van der Waals surface area contributed by atoms with Crippen LogP contribution in [0, 0.1) is 5.92 Å². The molecule has 0 bridgehead atoms. The molecule has 1 saturated carbocycles. The summed E-state index contributed by atoms with van der Waals surface area (Å²) in [5.74, 6) is 6.77. The van der Waals surface area contributed by atoms with Gasteiger partial charge in [-0.1, -0.05) is 32.1 Å². The summed E-state index contributed by atoms with van der Waals surface area (Å²) in [6, 6.07) is 0.431. The van der Waals surface area contributed by atoms with Gasteiger partial charge in [0.25, 0.3) is 0 Å². The normalized spacial score (nSPS) is 25.5. The lowest BCUT2D eigenvalue weighted by molar-refractivity contribution is 0.0655. The van der Waals surface area contributed by atoms with Gasteiger partial charge in [0.1, 0.15) is 0 Å². The summed E-state index contributed by atoms with van der Waals surface area (Å²) >= 11 is 0. The lowest BCUT2D eigenvalue weighted by Crippen LogP contribution is -2.60. The van der Waals surface area contributed by atoms with Crippen LogP contribution in [0.4, 0.5) is 0 Å². The van der Waals surface area contributed by atoms with Gasteiger partial charge in [-0.15, -0.1) is 0 Å².